The Kier molecular flexibility index (Phi) is 4.22. The lowest BCUT2D eigenvalue weighted by molar-refractivity contribution is -0.121. The molecular weight excluding hydrogens is 250 g/mol. The zero-order valence-electron chi connectivity index (χ0n) is 10.1. The van der Waals surface area contributed by atoms with Gasteiger partial charge in [0.15, 0.2) is 5.58 Å². The molecule has 1 atom stereocenters. The normalized spacial score (nSPS) is 12.6. The molecule has 0 bridgehead atoms. The quantitative estimate of drug-likeness (QED) is 0.374. The highest BCUT2D eigenvalue weighted by atomic mass is 32.2. The Balaban J connectivity index is 1.94. The Bertz CT molecular complexity index is 508. The number of nitrogens with two attached hydrogens (primary N) is 1. The number of rotatable bonds is 5. The highest BCUT2D eigenvalue weighted by Crippen LogP contribution is 2.28. The molecule has 2 aromatic rings. The van der Waals surface area contributed by atoms with Crippen LogP contribution >= 0.6 is 11.8 Å². The van der Waals surface area contributed by atoms with Crippen LogP contribution in [0.2, 0.25) is 0 Å². The van der Waals surface area contributed by atoms with Crippen molar-refractivity contribution in [2.24, 2.45) is 5.84 Å². The summed E-state index contributed by atoms with van der Waals surface area (Å²) < 4.78 is 5.60. The van der Waals surface area contributed by atoms with E-state index < -0.39 is 0 Å². The van der Waals surface area contributed by atoms with E-state index in [4.69, 9.17) is 10.3 Å². The van der Waals surface area contributed by atoms with Gasteiger partial charge in [-0.3, -0.25) is 10.2 Å². The molecule has 96 valence electrons. The standard InChI is InChI=1S/C12H15N3O2S/c1-8(6-7-11(16)15-13)18-12-14-9-4-2-3-5-10(9)17-12/h2-5,8H,6-7,13H2,1H3,(H,15,16). The maximum atomic E-state index is 11.0. The molecule has 0 radical (unpaired) electrons. The number of oxazole rings is 1. The third kappa shape index (κ3) is 3.24. The first-order chi connectivity index (χ1) is 8.69. The SMILES string of the molecule is CC(CCC(=O)NN)Sc1nc2ccccc2o1. The molecule has 0 fully saturated rings. The summed E-state index contributed by atoms with van der Waals surface area (Å²) in [5.41, 5.74) is 3.76. The predicted octanol–water partition coefficient (Wildman–Crippen LogP) is 2.08. The summed E-state index contributed by atoms with van der Waals surface area (Å²) in [6, 6.07) is 7.64. The van der Waals surface area contributed by atoms with E-state index in [-0.39, 0.29) is 11.2 Å². The first kappa shape index (κ1) is 12.9. The van der Waals surface area contributed by atoms with Crippen molar-refractivity contribution in [1.82, 2.24) is 10.4 Å². The second-order valence-corrected chi connectivity index (χ2v) is 5.37. The number of para-hydroxylation sites is 2. The second-order valence-electron chi connectivity index (χ2n) is 3.98. The third-order valence-corrected chi connectivity index (χ3v) is 3.53. The van der Waals surface area contributed by atoms with E-state index in [1.165, 1.54) is 11.8 Å². The number of amides is 1. The fraction of sp³-hybridized carbons (Fsp3) is 0.333. The largest absolute Gasteiger partial charge is 0.431 e. The van der Waals surface area contributed by atoms with Crippen molar-refractivity contribution in [3.8, 4) is 0 Å². The Hall–Kier alpha value is -1.53. The van der Waals surface area contributed by atoms with Crippen LogP contribution in [0.1, 0.15) is 19.8 Å². The molecule has 1 aromatic carbocycles. The van der Waals surface area contributed by atoms with Crippen molar-refractivity contribution < 1.29 is 9.21 Å². The van der Waals surface area contributed by atoms with Crippen molar-refractivity contribution in [2.75, 3.05) is 0 Å². The van der Waals surface area contributed by atoms with E-state index in [2.05, 4.69) is 10.4 Å². The number of fused-ring (bicyclic) bond motifs is 1. The number of aromatic nitrogens is 1. The molecular formula is C12H15N3O2S. The molecule has 6 heteroatoms. The fourth-order valence-corrected chi connectivity index (χ4v) is 2.41. The number of hydrazine groups is 1. The van der Waals surface area contributed by atoms with Gasteiger partial charge in [-0.1, -0.05) is 30.8 Å². The summed E-state index contributed by atoms with van der Waals surface area (Å²) in [5.74, 6) is 4.87. The molecule has 0 saturated heterocycles. The first-order valence-electron chi connectivity index (χ1n) is 5.70. The number of benzene rings is 1. The zero-order chi connectivity index (χ0) is 13.0. The summed E-state index contributed by atoms with van der Waals surface area (Å²) in [4.78, 5) is 15.4. The molecule has 0 spiro atoms. The summed E-state index contributed by atoms with van der Waals surface area (Å²) in [5, 5.41) is 0.882. The maximum absolute atomic E-state index is 11.0. The molecule has 1 unspecified atom stereocenters. The van der Waals surface area contributed by atoms with Crippen molar-refractivity contribution in [2.45, 2.75) is 30.2 Å². The Morgan fingerprint density at radius 2 is 2.33 bits per heavy atom. The molecule has 18 heavy (non-hydrogen) atoms. The van der Waals surface area contributed by atoms with Crippen molar-refractivity contribution in [1.29, 1.82) is 0 Å². The van der Waals surface area contributed by atoms with Crippen LogP contribution in [0.3, 0.4) is 0 Å². The van der Waals surface area contributed by atoms with Crippen molar-refractivity contribution >= 4 is 28.8 Å². The van der Waals surface area contributed by atoms with Crippen LogP contribution in [0.25, 0.3) is 11.1 Å². The van der Waals surface area contributed by atoms with Gasteiger partial charge in [-0.15, -0.1) is 0 Å². The molecule has 0 saturated carbocycles. The zero-order valence-corrected chi connectivity index (χ0v) is 10.9. The molecule has 0 aliphatic rings. The Morgan fingerprint density at radius 3 is 3.06 bits per heavy atom. The van der Waals surface area contributed by atoms with Gasteiger partial charge in [0.1, 0.15) is 5.52 Å². The number of carbonyl (C=O) groups is 1. The molecule has 0 aliphatic heterocycles. The van der Waals surface area contributed by atoms with Crippen molar-refractivity contribution in [3.05, 3.63) is 24.3 Å². The molecule has 1 aromatic heterocycles. The Morgan fingerprint density at radius 1 is 1.56 bits per heavy atom. The molecule has 1 amide bonds. The van der Waals surface area contributed by atoms with Crippen molar-refractivity contribution in [3.63, 3.8) is 0 Å². The molecule has 1 heterocycles. The fourth-order valence-electron chi connectivity index (χ4n) is 1.54. The van der Waals surface area contributed by atoms with Crippen LogP contribution in [-0.4, -0.2) is 16.1 Å². The topological polar surface area (TPSA) is 81.2 Å². The van der Waals surface area contributed by atoms with Crippen LogP contribution < -0.4 is 11.3 Å². The predicted molar refractivity (Wildman–Crippen MR) is 70.9 cm³/mol. The number of nitrogens with zero attached hydrogens (tertiary/aromatic N) is 1. The van der Waals surface area contributed by atoms with E-state index in [9.17, 15) is 4.79 Å². The van der Waals surface area contributed by atoms with Crippen LogP contribution in [0.15, 0.2) is 33.9 Å². The highest BCUT2D eigenvalue weighted by Gasteiger charge is 2.12. The lowest BCUT2D eigenvalue weighted by atomic mass is 10.2. The number of hydrogen-bond acceptors (Lipinski definition) is 5. The van der Waals surface area contributed by atoms with E-state index >= 15 is 0 Å². The van der Waals surface area contributed by atoms with Crippen LogP contribution in [0.5, 0.6) is 0 Å². The van der Waals surface area contributed by atoms with Crippen LogP contribution in [0.4, 0.5) is 0 Å². The van der Waals surface area contributed by atoms with Gasteiger partial charge in [0.25, 0.3) is 5.22 Å². The number of carbonyl (C=O) groups excluding carboxylic acids is 1. The van der Waals surface area contributed by atoms with E-state index in [1.807, 2.05) is 31.2 Å². The van der Waals surface area contributed by atoms with E-state index in [0.717, 1.165) is 17.5 Å². The minimum Gasteiger partial charge on any atom is -0.431 e. The summed E-state index contributed by atoms with van der Waals surface area (Å²) in [7, 11) is 0. The Labute approximate surface area is 109 Å². The molecule has 3 N–H and O–H groups in total. The van der Waals surface area contributed by atoms with Gasteiger partial charge in [0, 0.05) is 11.7 Å². The minimum atomic E-state index is -0.153. The number of thioether (sulfide) groups is 1. The second kappa shape index (κ2) is 5.88. The van der Waals surface area contributed by atoms with Crippen LogP contribution in [-0.2, 0) is 4.79 Å². The summed E-state index contributed by atoms with van der Waals surface area (Å²) in [6.45, 7) is 2.03. The van der Waals surface area contributed by atoms with E-state index in [1.54, 1.807) is 0 Å². The average Bonchev–Trinajstić information content (AvgIpc) is 2.77. The first-order valence-corrected chi connectivity index (χ1v) is 6.58. The molecule has 2 rings (SSSR count). The van der Waals surface area contributed by atoms with Crippen LogP contribution in [0, 0.1) is 0 Å². The summed E-state index contributed by atoms with van der Waals surface area (Å²) in [6.07, 6.45) is 1.14. The summed E-state index contributed by atoms with van der Waals surface area (Å²) >= 11 is 1.52. The van der Waals surface area contributed by atoms with Gasteiger partial charge in [-0.2, -0.15) is 0 Å². The third-order valence-electron chi connectivity index (χ3n) is 2.52. The smallest absolute Gasteiger partial charge is 0.256 e. The van der Waals surface area contributed by atoms with Gasteiger partial charge >= 0.3 is 0 Å². The van der Waals surface area contributed by atoms with Gasteiger partial charge in [0.05, 0.1) is 0 Å². The van der Waals surface area contributed by atoms with Gasteiger partial charge in [0.2, 0.25) is 5.91 Å². The lowest BCUT2D eigenvalue weighted by Crippen LogP contribution is -2.30. The van der Waals surface area contributed by atoms with E-state index in [0.29, 0.717) is 11.6 Å². The lowest BCUT2D eigenvalue weighted by Gasteiger charge is -2.06. The monoisotopic (exact) mass is 265 g/mol. The van der Waals surface area contributed by atoms with Gasteiger partial charge < -0.3 is 4.42 Å². The number of hydrogen-bond donors (Lipinski definition) is 2. The highest BCUT2D eigenvalue weighted by molar-refractivity contribution is 7.99. The van der Waals surface area contributed by atoms with Gasteiger partial charge in [-0.05, 0) is 18.6 Å². The molecule has 5 nitrogen and oxygen atoms in total. The van der Waals surface area contributed by atoms with Gasteiger partial charge in [-0.25, -0.2) is 10.8 Å². The average molecular weight is 265 g/mol. The molecule has 0 aliphatic carbocycles. The minimum absolute atomic E-state index is 0.153. The maximum Gasteiger partial charge on any atom is 0.256 e. The number of nitrogens with one attached hydrogen (secondary N) is 1.